The summed E-state index contributed by atoms with van der Waals surface area (Å²) in [5.41, 5.74) is -1.94. The van der Waals surface area contributed by atoms with Crippen molar-refractivity contribution in [3.05, 3.63) is 52.0 Å². The lowest BCUT2D eigenvalue weighted by atomic mass is 9.51. The molecule has 6 atom stereocenters. The summed E-state index contributed by atoms with van der Waals surface area (Å²) in [6.07, 6.45) is -1.43. The van der Waals surface area contributed by atoms with Crippen LogP contribution in [0.2, 0.25) is 0 Å². The molecule has 12 nitrogen and oxygen atoms in total. The van der Waals surface area contributed by atoms with Crippen LogP contribution in [0, 0.1) is 17.3 Å². The highest BCUT2D eigenvalue weighted by atomic mass is 16.5. The number of rotatable bonds is 5. The molecular formula is C30H34N2O10. The van der Waals surface area contributed by atoms with E-state index in [2.05, 4.69) is 0 Å². The molecular weight excluding hydrogens is 548 g/mol. The Balaban J connectivity index is 2.14. The number of hydrogen-bond donors (Lipinski definition) is 2. The Hall–Kier alpha value is -4.16. The molecule has 0 aliphatic heterocycles. The van der Waals surface area contributed by atoms with Crippen molar-refractivity contribution in [2.24, 2.45) is 17.3 Å². The number of nitrogens with one attached hydrogen (secondary N) is 1. The lowest BCUT2D eigenvalue weighted by Gasteiger charge is -2.55. The minimum absolute atomic E-state index is 0.0888. The number of ketones is 2. The predicted molar refractivity (Wildman–Crippen MR) is 146 cm³/mol. The third kappa shape index (κ3) is 4.54. The normalized spacial score (nSPS) is 28.5. The van der Waals surface area contributed by atoms with Crippen molar-refractivity contribution in [2.75, 3.05) is 21.2 Å². The van der Waals surface area contributed by atoms with E-state index >= 15 is 0 Å². The maximum Gasteiger partial charge on any atom is 0.307 e. The van der Waals surface area contributed by atoms with Crippen LogP contribution in [0.25, 0.3) is 0 Å². The van der Waals surface area contributed by atoms with Crippen molar-refractivity contribution in [1.29, 1.82) is 0 Å². The SMILES string of the molecule is COc1cccc2c1C(=O)C1=C(OC(C)=O)[C@]3(C)C(=O)C(C(=O)NC(C)=O)=C(OC(C)=O)[C@@H](N(C)C)[C@@H]3[C@@H](O)[C@@H]1[C@H]2C. The number of methoxy groups -OCH3 is 1. The molecule has 0 unspecified atom stereocenters. The Morgan fingerprint density at radius 2 is 1.64 bits per heavy atom. The van der Waals surface area contributed by atoms with E-state index in [0.29, 0.717) is 5.56 Å². The van der Waals surface area contributed by atoms with Crippen molar-refractivity contribution in [2.45, 2.75) is 52.7 Å². The van der Waals surface area contributed by atoms with Crippen LogP contribution in [0.3, 0.4) is 0 Å². The van der Waals surface area contributed by atoms with Gasteiger partial charge in [0.2, 0.25) is 5.91 Å². The molecule has 224 valence electrons. The van der Waals surface area contributed by atoms with Gasteiger partial charge in [-0.2, -0.15) is 0 Å². The molecule has 42 heavy (non-hydrogen) atoms. The zero-order chi connectivity index (χ0) is 31.4. The molecule has 0 saturated heterocycles. The van der Waals surface area contributed by atoms with Gasteiger partial charge in [0.1, 0.15) is 22.8 Å². The van der Waals surface area contributed by atoms with E-state index in [1.54, 1.807) is 44.1 Å². The number of ether oxygens (including phenoxy) is 3. The second-order valence-electron chi connectivity index (χ2n) is 11.2. The van der Waals surface area contributed by atoms with Gasteiger partial charge in [-0.3, -0.25) is 39.0 Å². The summed E-state index contributed by atoms with van der Waals surface area (Å²) in [5, 5.41) is 14.2. The lowest BCUT2D eigenvalue weighted by Crippen LogP contribution is -2.64. The molecule has 2 N–H and O–H groups in total. The number of carbonyl (C=O) groups is 6. The van der Waals surface area contributed by atoms with Crippen LogP contribution in [-0.4, -0.2) is 78.7 Å². The number of hydrogen-bond acceptors (Lipinski definition) is 11. The van der Waals surface area contributed by atoms with Crippen molar-refractivity contribution in [1.82, 2.24) is 10.2 Å². The molecule has 0 saturated carbocycles. The molecule has 0 aromatic heterocycles. The summed E-state index contributed by atoms with van der Waals surface area (Å²) in [6.45, 7) is 6.44. The summed E-state index contributed by atoms with van der Waals surface area (Å²) in [6, 6.07) is 3.95. The summed E-state index contributed by atoms with van der Waals surface area (Å²) < 4.78 is 16.6. The van der Waals surface area contributed by atoms with Crippen molar-refractivity contribution < 1.29 is 48.1 Å². The van der Waals surface area contributed by atoms with Crippen LogP contribution >= 0.6 is 0 Å². The first kappa shape index (κ1) is 30.8. The Morgan fingerprint density at radius 3 is 2.17 bits per heavy atom. The summed E-state index contributed by atoms with van der Waals surface area (Å²) >= 11 is 0. The molecule has 3 aliphatic rings. The number of aliphatic hydroxyl groups excluding tert-OH is 1. The van der Waals surface area contributed by atoms with Gasteiger partial charge >= 0.3 is 11.9 Å². The molecule has 0 radical (unpaired) electrons. The third-order valence-electron chi connectivity index (χ3n) is 8.36. The molecule has 12 heteroatoms. The van der Waals surface area contributed by atoms with E-state index in [9.17, 15) is 33.9 Å². The Kier molecular flexibility index (Phi) is 8.00. The molecule has 2 amide bonds. The fourth-order valence-electron chi connectivity index (χ4n) is 6.79. The number of imide groups is 1. The van der Waals surface area contributed by atoms with Crippen LogP contribution < -0.4 is 10.1 Å². The molecule has 0 bridgehead atoms. The average Bonchev–Trinajstić information content (AvgIpc) is 2.88. The number of amides is 2. The van der Waals surface area contributed by atoms with Crippen LogP contribution in [0.4, 0.5) is 0 Å². The van der Waals surface area contributed by atoms with Gasteiger partial charge in [0.25, 0.3) is 5.91 Å². The number of nitrogens with zero attached hydrogens (tertiary/aromatic N) is 1. The van der Waals surface area contributed by atoms with Gasteiger partial charge < -0.3 is 19.3 Å². The van der Waals surface area contributed by atoms with Gasteiger partial charge in [-0.1, -0.05) is 19.1 Å². The number of Topliss-reactive ketones (excluding diaryl/α,β-unsaturated/α-hetero) is 2. The highest BCUT2D eigenvalue weighted by molar-refractivity contribution is 6.26. The van der Waals surface area contributed by atoms with Gasteiger partial charge in [0, 0.05) is 38.2 Å². The first-order valence-corrected chi connectivity index (χ1v) is 13.4. The minimum Gasteiger partial charge on any atom is -0.496 e. The first-order valence-electron chi connectivity index (χ1n) is 13.4. The van der Waals surface area contributed by atoms with Crippen LogP contribution in [-0.2, 0) is 33.4 Å². The maximum atomic E-state index is 14.5. The number of likely N-dealkylation sites (N-methyl/N-ethyl adjacent to an activating group) is 1. The van der Waals surface area contributed by atoms with Gasteiger partial charge in [0.05, 0.1) is 30.2 Å². The summed E-state index contributed by atoms with van der Waals surface area (Å²) in [5.74, 6) is -8.24. The average molecular weight is 583 g/mol. The number of esters is 2. The van der Waals surface area contributed by atoms with Crippen molar-refractivity contribution in [3.8, 4) is 5.75 Å². The largest absolute Gasteiger partial charge is 0.496 e. The van der Waals surface area contributed by atoms with Crippen molar-refractivity contribution >= 4 is 35.3 Å². The first-order chi connectivity index (χ1) is 19.6. The molecule has 1 aromatic carbocycles. The van der Waals surface area contributed by atoms with E-state index in [1.165, 1.54) is 14.0 Å². The number of allylic oxidation sites excluding steroid dienone is 1. The lowest BCUT2D eigenvalue weighted by molar-refractivity contribution is -0.153. The Labute approximate surface area is 242 Å². The van der Waals surface area contributed by atoms with E-state index in [1.807, 2.05) is 5.32 Å². The zero-order valence-electron chi connectivity index (χ0n) is 24.7. The number of benzene rings is 1. The summed E-state index contributed by atoms with van der Waals surface area (Å²) in [4.78, 5) is 80.4. The van der Waals surface area contributed by atoms with E-state index in [4.69, 9.17) is 14.2 Å². The smallest absolute Gasteiger partial charge is 0.307 e. The quantitative estimate of drug-likeness (QED) is 0.381. The summed E-state index contributed by atoms with van der Waals surface area (Å²) in [7, 11) is 4.59. The van der Waals surface area contributed by atoms with E-state index in [-0.39, 0.29) is 28.4 Å². The number of aliphatic hydroxyl groups is 1. The molecule has 0 spiro atoms. The third-order valence-corrected chi connectivity index (χ3v) is 8.36. The fourth-order valence-corrected chi connectivity index (χ4v) is 6.79. The topological polar surface area (TPSA) is 166 Å². The van der Waals surface area contributed by atoms with Gasteiger partial charge in [-0.15, -0.1) is 0 Å². The van der Waals surface area contributed by atoms with Gasteiger partial charge in [-0.05, 0) is 38.6 Å². The predicted octanol–water partition coefficient (Wildman–Crippen LogP) is 1.42. The van der Waals surface area contributed by atoms with E-state index < -0.39 is 76.2 Å². The number of carbonyl (C=O) groups excluding carboxylic acids is 6. The maximum absolute atomic E-state index is 14.5. The van der Waals surface area contributed by atoms with Crippen molar-refractivity contribution in [3.63, 3.8) is 0 Å². The van der Waals surface area contributed by atoms with Crippen LogP contribution in [0.1, 0.15) is 56.5 Å². The fraction of sp³-hybridized carbons (Fsp3) is 0.467. The van der Waals surface area contributed by atoms with Crippen LogP contribution in [0.15, 0.2) is 40.9 Å². The molecule has 0 fully saturated rings. The van der Waals surface area contributed by atoms with Gasteiger partial charge in [-0.25, -0.2) is 0 Å². The molecule has 0 heterocycles. The minimum atomic E-state index is -1.99. The Morgan fingerprint density at radius 1 is 1.02 bits per heavy atom. The highest BCUT2D eigenvalue weighted by Gasteiger charge is 2.66. The highest BCUT2D eigenvalue weighted by Crippen LogP contribution is 2.60. The zero-order valence-corrected chi connectivity index (χ0v) is 24.7. The molecule has 3 aliphatic carbocycles. The molecule has 4 rings (SSSR count). The second kappa shape index (κ2) is 10.9. The standard InChI is InChI=1S/C30H34N2O10/c1-12-16-10-9-11-17(40-8)19(16)24(36)20-18(12)25(37)22-23(32(6)7)26(41-14(3)34)21(29(39)31-13(2)33)27(38)30(22,5)28(20)42-15(4)35/h9-12,18,22-23,25,37H,1-8H3,(H,31,33,39)/t12-,18+,22+,23-,25-,30-/m0/s1. The number of fused-ring (bicyclic) bond motifs is 3. The second-order valence-corrected chi connectivity index (χ2v) is 11.2. The van der Waals surface area contributed by atoms with E-state index in [0.717, 1.165) is 20.8 Å². The van der Waals surface area contributed by atoms with Crippen LogP contribution in [0.5, 0.6) is 5.75 Å². The monoisotopic (exact) mass is 582 g/mol. The molecule has 1 aromatic rings. The van der Waals surface area contributed by atoms with Gasteiger partial charge in [0.15, 0.2) is 11.6 Å². The Bertz CT molecular complexity index is 1490.